The predicted octanol–water partition coefficient (Wildman–Crippen LogP) is 3.89. The van der Waals surface area contributed by atoms with Crippen LogP contribution in [0, 0.1) is 3.57 Å². The molecule has 7 heteroatoms. The number of aromatic nitrogens is 1. The Bertz CT molecular complexity index is 624. The summed E-state index contributed by atoms with van der Waals surface area (Å²) in [4.78, 5) is 15.8. The van der Waals surface area contributed by atoms with Crippen molar-refractivity contribution in [2.45, 2.75) is 12.6 Å². The van der Waals surface area contributed by atoms with E-state index in [4.69, 9.17) is 0 Å². The summed E-state index contributed by atoms with van der Waals surface area (Å²) in [6.07, 6.45) is -2.77. The van der Waals surface area contributed by atoms with Crippen molar-refractivity contribution in [3.05, 3.63) is 57.3 Å². The van der Waals surface area contributed by atoms with Crippen LogP contribution in [0.1, 0.15) is 11.1 Å². The Morgan fingerprint density at radius 2 is 1.81 bits per heavy atom. The third-order valence-electron chi connectivity index (χ3n) is 2.64. The van der Waals surface area contributed by atoms with E-state index in [1.54, 1.807) is 18.3 Å². The van der Waals surface area contributed by atoms with Crippen molar-refractivity contribution in [1.82, 2.24) is 4.98 Å². The minimum absolute atomic E-state index is 0.00813. The number of nitrogens with one attached hydrogen (secondary N) is 1. The standard InChI is InChI=1S/C14H10F3IN2O/c15-14(16,17)10-3-1-9(2-4-10)7-13(21)20-12-6-5-11(18)8-19-12/h1-6,8H,7H2,(H,19,20,21). The number of nitrogens with zero attached hydrogens (tertiary/aromatic N) is 1. The van der Waals surface area contributed by atoms with Gasteiger partial charge in [-0.15, -0.1) is 0 Å². The molecule has 1 aromatic heterocycles. The van der Waals surface area contributed by atoms with E-state index < -0.39 is 11.7 Å². The van der Waals surface area contributed by atoms with Crippen molar-refractivity contribution in [1.29, 1.82) is 0 Å². The van der Waals surface area contributed by atoms with Crippen molar-refractivity contribution in [2.75, 3.05) is 5.32 Å². The van der Waals surface area contributed by atoms with Gasteiger partial charge >= 0.3 is 6.18 Å². The van der Waals surface area contributed by atoms with Crippen LogP contribution in [0.2, 0.25) is 0 Å². The van der Waals surface area contributed by atoms with Gasteiger partial charge in [0.25, 0.3) is 0 Å². The second-order valence-electron chi connectivity index (χ2n) is 4.28. The van der Waals surface area contributed by atoms with Gasteiger partial charge in [-0.2, -0.15) is 13.2 Å². The van der Waals surface area contributed by atoms with Gasteiger partial charge in [0, 0.05) is 9.77 Å². The van der Waals surface area contributed by atoms with E-state index in [1.807, 2.05) is 0 Å². The molecule has 0 saturated carbocycles. The maximum Gasteiger partial charge on any atom is 0.416 e. The van der Waals surface area contributed by atoms with Crippen molar-refractivity contribution >= 4 is 34.3 Å². The third kappa shape index (κ3) is 4.69. The Morgan fingerprint density at radius 1 is 1.14 bits per heavy atom. The molecule has 0 spiro atoms. The summed E-state index contributed by atoms with van der Waals surface area (Å²) in [5, 5.41) is 2.59. The van der Waals surface area contributed by atoms with Gasteiger partial charge in [0.2, 0.25) is 5.91 Å². The molecule has 2 aromatic rings. The lowest BCUT2D eigenvalue weighted by atomic mass is 10.1. The van der Waals surface area contributed by atoms with Crippen molar-refractivity contribution in [2.24, 2.45) is 0 Å². The molecule has 1 amide bonds. The van der Waals surface area contributed by atoms with E-state index in [9.17, 15) is 18.0 Å². The van der Waals surface area contributed by atoms with Gasteiger partial charge in [0.1, 0.15) is 5.82 Å². The molecule has 2 rings (SSSR count). The first-order valence-electron chi connectivity index (χ1n) is 5.92. The summed E-state index contributed by atoms with van der Waals surface area (Å²) in [7, 11) is 0. The van der Waals surface area contributed by atoms with Gasteiger partial charge in [-0.3, -0.25) is 4.79 Å². The number of alkyl halides is 3. The summed E-state index contributed by atoms with van der Waals surface area (Å²) in [5.41, 5.74) is -0.225. The van der Waals surface area contributed by atoms with Crippen LogP contribution in [-0.2, 0) is 17.4 Å². The second-order valence-corrected chi connectivity index (χ2v) is 5.53. The lowest BCUT2D eigenvalue weighted by molar-refractivity contribution is -0.137. The molecule has 0 aliphatic carbocycles. The normalized spacial score (nSPS) is 11.2. The number of amides is 1. The molecule has 110 valence electrons. The van der Waals surface area contributed by atoms with Crippen LogP contribution in [0.4, 0.5) is 19.0 Å². The number of halogens is 4. The minimum Gasteiger partial charge on any atom is -0.310 e. The highest BCUT2D eigenvalue weighted by Gasteiger charge is 2.29. The molecular weight excluding hydrogens is 396 g/mol. The molecule has 0 bridgehead atoms. The zero-order chi connectivity index (χ0) is 15.5. The predicted molar refractivity (Wildman–Crippen MR) is 80.7 cm³/mol. The fraction of sp³-hybridized carbons (Fsp3) is 0.143. The summed E-state index contributed by atoms with van der Waals surface area (Å²) >= 11 is 2.09. The average molecular weight is 406 g/mol. The Balaban J connectivity index is 1.98. The summed E-state index contributed by atoms with van der Waals surface area (Å²) in [6.45, 7) is 0. The van der Waals surface area contributed by atoms with E-state index in [0.717, 1.165) is 15.7 Å². The molecule has 0 aliphatic rings. The van der Waals surface area contributed by atoms with E-state index in [0.29, 0.717) is 11.4 Å². The second kappa shape index (κ2) is 6.42. The Kier molecular flexibility index (Phi) is 4.81. The smallest absolute Gasteiger partial charge is 0.310 e. The van der Waals surface area contributed by atoms with Gasteiger partial charge < -0.3 is 5.32 Å². The number of hydrogen-bond acceptors (Lipinski definition) is 2. The molecule has 0 aliphatic heterocycles. The van der Waals surface area contributed by atoms with Crippen LogP contribution in [0.15, 0.2) is 42.6 Å². The fourth-order valence-electron chi connectivity index (χ4n) is 1.63. The molecule has 0 saturated heterocycles. The first kappa shape index (κ1) is 15.7. The van der Waals surface area contributed by atoms with Crippen LogP contribution in [-0.4, -0.2) is 10.9 Å². The molecule has 0 fully saturated rings. The molecule has 1 aromatic carbocycles. The molecule has 3 nitrogen and oxygen atoms in total. The van der Waals surface area contributed by atoms with E-state index in [2.05, 4.69) is 32.9 Å². The van der Waals surface area contributed by atoms with Crippen LogP contribution >= 0.6 is 22.6 Å². The van der Waals surface area contributed by atoms with Crippen LogP contribution in [0.5, 0.6) is 0 Å². The van der Waals surface area contributed by atoms with E-state index in [1.165, 1.54) is 12.1 Å². The monoisotopic (exact) mass is 406 g/mol. The van der Waals surface area contributed by atoms with E-state index >= 15 is 0 Å². The largest absolute Gasteiger partial charge is 0.416 e. The molecular formula is C14H10F3IN2O. The van der Waals surface area contributed by atoms with Gasteiger partial charge in [-0.25, -0.2) is 4.98 Å². The number of hydrogen-bond donors (Lipinski definition) is 1. The highest BCUT2D eigenvalue weighted by Crippen LogP contribution is 2.29. The van der Waals surface area contributed by atoms with Gasteiger partial charge in [0.15, 0.2) is 0 Å². The minimum atomic E-state index is -4.37. The zero-order valence-electron chi connectivity index (χ0n) is 10.6. The number of anilines is 1. The van der Waals surface area contributed by atoms with Crippen LogP contribution in [0.25, 0.3) is 0 Å². The van der Waals surface area contributed by atoms with Gasteiger partial charge in [-0.05, 0) is 52.4 Å². The highest BCUT2D eigenvalue weighted by atomic mass is 127. The molecule has 1 N–H and O–H groups in total. The van der Waals surface area contributed by atoms with E-state index in [-0.39, 0.29) is 12.3 Å². The Labute approximate surface area is 132 Å². The topological polar surface area (TPSA) is 42.0 Å². The summed E-state index contributed by atoms with van der Waals surface area (Å²) in [6, 6.07) is 7.97. The summed E-state index contributed by atoms with van der Waals surface area (Å²) in [5.74, 6) is 0.0794. The van der Waals surface area contributed by atoms with Crippen LogP contribution in [0.3, 0.4) is 0 Å². The number of carbonyl (C=O) groups excluding carboxylic acids is 1. The third-order valence-corrected chi connectivity index (χ3v) is 3.28. The summed E-state index contributed by atoms with van der Waals surface area (Å²) < 4.78 is 38.2. The molecule has 1 heterocycles. The lowest BCUT2D eigenvalue weighted by Crippen LogP contribution is -2.15. The van der Waals surface area contributed by atoms with Crippen molar-refractivity contribution in [3.63, 3.8) is 0 Å². The maximum atomic E-state index is 12.4. The SMILES string of the molecule is O=C(Cc1ccc(C(F)(F)F)cc1)Nc1ccc(I)cn1. The van der Waals surface area contributed by atoms with Crippen LogP contribution < -0.4 is 5.32 Å². The Morgan fingerprint density at radius 3 is 2.33 bits per heavy atom. The first-order chi connectivity index (χ1) is 9.84. The number of pyridine rings is 1. The Hall–Kier alpha value is -1.64. The lowest BCUT2D eigenvalue weighted by Gasteiger charge is -2.08. The van der Waals surface area contributed by atoms with Gasteiger partial charge in [-0.1, -0.05) is 12.1 Å². The number of carbonyl (C=O) groups is 1. The first-order valence-corrected chi connectivity index (χ1v) is 7.00. The number of rotatable bonds is 3. The maximum absolute atomic E-state index is 12.4. The van der Waals surface area contributed by atoms with Crippen molar-refractivity contribution < 1.29 is 18.0 Å². The molecule has 21 heavy (non-hydrogen) atoms. The fourth-order valence-corrected chi connectivity index (χ4v) is 1.95. The van der Waals surface area contributed by atoms with Crippen molar-refractivity contribution in [3.8, 4) is 0 Å². The van der Waals surface area contributed by atoms with Gasteiger partial charge in [0.05, 0.1) is 12.0 Å². The molecule has 0 atom stereocenters. The molecule has 0 unspecified atom stereocenters. The number of benzene rings is 1. The highest BCUT2D eigenvalue weighted by molar-refractivity contribution is 14.1. The quantitative estimate of drug-likeness (QED) is 0.787. The average Bonchev–Trinajstić information content (AvgIpc) is 2.41. The molecule has 0 radical (unpaired) electrons. The zero-order valence-corrected chi connectivity index (χ0v) is 12.8.